The molecule has 14 heteroatoms. The zero-order valence-electron chi connectivity index (χ0n) is 33.0. The first-order valence-electron chi connectivity index (χ1n) is 20.7. The van der Waals surface area contributed by atoms with Crippen LogP contribution in [0, 0.1) is 5.41 Å². The van der Waals surface area contributed by atoms with Crippen molar-refractivity contribution in [1.29, 1.82) is 0 Å². The molecule has 3 N–H and O–H groups in total. The summed E-state index contributed by atoms with van der Waals surface area (Å²) in [5.74, 6) is 1.09. The van der Waals surface area contributed by atoms with Crippen molar-refractivity contribution >= 4 is 63.5 Å². The summed E-state index contributed by atoms with van der Waals surface area (Å²) < 4.78 is 2.14. The Bertz CT molecular complexity index is 2190. The van der Waals surface area contributed by atoms with Crippen LogP contribution in [0.1, 0.15) is 106 Å². The largest absolute Gasteiger partial charge is 0.371 e. The maximum absolute atomic E-state index is 13.1. The Kier molecular flexibility index (Phi) is 9.60. The number of aromatic nitrogens is 4. The minimum atomic E-state index is -0.259. The van der Waals surface area contributed by atoms with Gasteiger partial charge in [0, 0.05) is 87.7 Å². The van der Waals surface area contributed by atoms with Gasteiger partial charge in [-0.2, -0.15) is 4.98 Å². The first kappa shape index (κ1) is 37.1. The van der Waals surface area contributed by atoms with Crippen molar-refractivity contribution in [1.82, 2.24) is 29.7 Å². The van der Waals surface area contributed by atoms with Crippen LogP contribution in [0.2, 0.25) is 0 Å². The van der Waals surface area contributed by atoms with Crippen molar-refractivity contribution in [2.45, 2.75) is 94.9 Å². The van der Waals surface area contributed by atoms with E-state index >= 15 is 0 Å². The first-order valence-corrected chi connectivity index (χ1v) is 20.7. The molecule has 3 saturated heterocycles. The normalized spacial score (nSPS) is 20.9. The lowest BCUT2D eigenvalue weighted by Gasteiger charge is -2.48. The second kappa shape index (κ2) is 14.8. The summed E-state index contributed by atoms with van der Waals surface area (Å²) in [6.07, 6.45) is 16.6. The molecule has 2 spiro atoms. The van der Waals surface area contributed by atoms with Gasteiger partial charge in [-0.3, -0.25) is 24.5 Å². The highest BCUT2D eigenvalue weighted by Gasteiger charge is 2.58. The molecular weight excluding hydrogens is 721 g/mol. The van der Waals surface area contributed by atoms with Crippen molar-refractivity contribution in [3.05, 3.63) is 60.0 Å². The van der Waals surface area contributed by atoms with Gasteiger partial charge in [-0.05, 0) is 93.5 Å². The molecule has 57 heavy (non-hydrogen) atoms. The second-order valence-electron chi connectivity index (χ2n) is 17.1. The van der Waals surface area contributed by atoms with Gasteiger partial charge in [0.1, 0.15) is 17.2 Å². The Morgan fingerprint density at radius 2 is 1.53 bits per heavy atom. The van der Waals surface area contributed by atoms with E-state index in [1.54, 1.807) is 25.2 Å². The number of nitrogens with zero attached hydrogens (tertiary/aromatic N) is 7. The Morgan fingerprint density at radius 3 is 2.14 bits per heavy atom. The molecule has 0 atom stereocenters. The van der Waals surface area contributed by atoms with E-state index in [1.165, 1.54) is 49.8 Å². The van der Waals surface area contributed by atoms with Gasteiger partial charge in [0.15, 0.2) is 0 Å². The van der Waals surface area contributed by atoms with E-state index in [-0.39, 0.29) is 35.1 Å². The number of anilines is 5. The predicted octanol–water partition coefficient (Wildman–Crippen LogP) is 6.07. The lowest BCUT2D eigenvalue weighted by molar-refractivity contribution is -0.133. The molecule has 4 amide bonds. The number of hydrogen-bond donors (Lipinski definition) is 3. The number of benzene rings is 1. The highest BCUT2D eigenvalue weighted by Crippen LogP contribution is 2.58. The maximum atomic E-state index is 13.1. The number of amides is 4. The third-order valence-corrected chi connectivity index (χ3v) is 13.3. The monoisotopic (exact) mass is 772 g/mol. The Labute approximate surface area is 332 Å². The van der Waals surface area contributed by atoms with Gasteiger partial charge in [0.25, 0.3) is 5.91 Å². The lowest BCUT2D eigenvalue weighted by Crippen LogP contribution is -2.47. The molecule has 4 aromatic rings. The van der Waals surface area contributed by atoms with Crippen molar-refractivity contribution < 1.29 is 19.2 Å². The third-order valence-electron chi connectivity index (χ3n) is 13.3. The second-order valence-corrected chi connectivity index (χ2v) is 17.1. The first-order chi connectivity index (χ1) is 27.6. The summed E-state index contributed by atoms with van der Waals surface area (Å²) in [5.41, 5.74) is 6.30. The summed E-state index contributed by atoms with van der Waals surface area (Å²) in [5, 5.41) is 9.54. The van der Waals surface area contributed by atoms with Gasteiger partial charge < -0.3 is 29.9 Å². The van der Waals surface area contributed by atoms with Gasteiger partial charge in [-0.15, -0.1) is 0 Å². The summed E-state index contributed by atoms with van der Waals surface area (Å²) in [6, 6.07) is 12.7. The molecular formula is C43H52N10O4. The Balaban J connectivity index is 0.000000474. The molecule has 2 aliphatic carbocycles. The van der Waals surface area contributed by atoms with E-state index in [0.717, 1.165) is 74.3 Å². The predicted molar refractivity (Wildman–Crippen MR) is 219 cm³/mol. The number of fused-ring (bicyclic) bond motifs is 3. The number of hydrogen-bond acceptors (Lipinski definition) is 10. The van der Waals surface area contributed by atoms with E-state index < -0.39 is 0 Å². The summed E-state index contributed by atoms with van der Waals surface area (Å²) in [7, 11) is 3.58. The van der Waals surface area contributed by atoms with Gasteiger partial charge in [0.05, 0.1) is 17.3 Å². The van der Waals surface area contributed by atoms with Crippen molar-refractivity contribution in [3.63, 3.8) is 0 Å². The van der Waals surface area contributed by atoms with Crippen LogP contribution in [-0.4, -0.2) is 88.3 Å². The van der Waals surface area contributed by atoms with Crippen LogP contribution < -0.4 is 25.8 Å². The molecule has 0 unspecified atom stereocenters. The molecule has 14 nitrogen and oxygen atoms in total. The van der Waals surface area contributed by atoms with Gasteiger partial charge in [0.2, 0.25) is 23.7 Å². The van der Waals surface area contributed by atoms with E-state index in [9.17, 15) is 19.2 Å². The zero-order valence-corrected chi connectivity index (χ0v) is 33.0. The smallest absolute Gasteiger partial charge is 0.270 e. The number of imide groups is 1. The van der Waals surface area contributed by atoms with Gasteiger partial charge in [-0.25, -0.2) is 9.97 Å². The molecule has 3 aromatic heterocycles. The Hall–Kier alpha value is -5.53. The van der Waals surface area contributed by atoms with Gasteiger partial charge >= 0.3 is 0 Å². The fraction of sp³-hybridized carbons (Fsp3) is 0.512. The number of rotatable bonds is 6. The minimum absolute atomic E-state index is 0.0105. The zero-order chi connectivity index (χ0) is 39.3. The SMILES string of the molecule is CN(C)C(=O)c1cc2cnc(Nc3ccc(N4CCC5(CC4)CCN(c4cccc6c4C4(CC4)C(=O)N6)CC5)cn3)nc2n1C1CCCC1.O=C1CCCC(=O)N1. The molecule has 0 radical (unpaired) electrons. The van der Waals surface area contributed by atoms with Crippen molar-refractivity contribution in [2.24, 2.45) is 5.41 Å². The molecule has 2 saturated carbocycles. The Morgan fingerprint density at radius 1 is 0.825 bits per heavy atom. The van der Waals surface area contributed by atoms with Crippen LogP contribution >= 0.6 is 0 Å². The van der Waals surface area contributed by atoms with Crippen LogP contribution in [0.25, 0.3) is 11.0 Å². The third kappa shape index (κ3) is 7.07. The van der Waals surface area contributed by atoms with Gasteiger partial charge in [-0.1, -0.05) is 18.9 Å². The van der Waals surface area contributed by atoms with Crippen LogP contribution in [-0.2, 0) is 19.8 Å². The number of nitrogens with one attached hydrogen (secondary N) is 3. The summed E-state index contributed by atoms with van der Waals surface area (Å²) in [4.78, 5) is 67.3. The lowest BCUT2D eigenvalue weighted by atomic mass is 9.71. The van der Waals surface area contributed by atoms with E-state index in [0.29, 0.717) is 42.1 Å². The average molecular weight is 773 g/mol. The molecule has 7 heterocycles. The number of pyridine rings is 1. The van der Waals surface area contributed by atoms with Crippen LogP contribution in [0.5, 0.6) is 0 Å². The molecule has 4 aliphatic heterocycles. The summed E-state index contributed by atoms with van der Waals surface area (Å²) >= 11 is 0. The van der Waals surface area contributed by atoms with E-state index in [2.05, 4.69) is 59.6 Å². The topological polar surface area (TPSA) is 158 Å². The van der Waals surface area contributed by atoms with E-state index in [4.69, 9.17) is 9.97 Å². The van der Waals surface area contributed by atoms with E-state index in [1.807, 2.05) is 18.3 Å². The highest BCUT2D eigenvalue weighted by molar-refractivity contribution is 6.10. The molecule has 10 rings (SSSR count). The van der Waals surface area contributed by atoms with Crippen molar-refractivity contribution in [2.75, 3.05) is 60.7 Å². The fourth-order valence-electron chi connectivity index (χ4n) is 9.78. The molecule has 5 fully saturated rings. The van der Waals surface area contributed by atoms with Crippen LogP contribution in [0.4, 0.5) is 28.8 Å². The highest BCUT2D eigenvalue weighted by atomic mass is 16.2. The number of carbonyl (C=O) groups is 4. The standard InChI is InChI=1S/C38H45N9O2.C5H7NO2/c1-44(2)34(48)30-22-25-23-40-36(43-33(25)47(30)26-6-3-4-7-26)42-31-11-10-27(24-39-31)45-18-14-37(15-19-45)16-20-46(21-17-37)29-9-5-8-28-32(29)38(12-13-38)35(49)41-28;7-4-2-1-3-5(8)6-4/h5,8-11,22-24,26H,3-4,6-7,12-21H2,1-2H3,(H,41,49)(H,39,40,42,43);1-3H2,(H,6,7,8). The minimum Gasteiger partial charge on any atom is -0.371 e. The van der Waals surface area contributed by atoms with Crippen LogP contribution in [0.15, 0.2) is 48.8 Å². The van der Waals surface area contributed by atoms with Crippen LogP contribution in [0.3, 0.4) is 0 Å². The fourth-order valence-corrected chi connectivity index (χ4v) is 9.78. The molecule has 6 aliphatic rings. The average Bonchev–Trinajstić information content (AvgIpc) is 3.52. The molecule has 298 valence electrons. The number of piperidine rings is 3. The summed E-state index contributed by atoms with van der Waals surface area (Å²) in [6.45, 7) is 4.16. The maximum Gasteiger partial charge on any atom is 0.270 e. The quantitative estimate of drug-likeness (QED) is 0.197. The molecule has 1 aromatic carbocycles. The molecule has 0 bridgehead atoms. The van der Waals surface area contributed by atoms with Crippen molar-refractivity contribution in [3.8, 4) is 0 Å². The number of carbonyl (C=O) groups excluding carboxylic acids is 4.